The third kappa shape index (κ3) is 3.21. The Morgan fingerprint density at radius 1 is 1.33 bits per heavy atom. The molecule has 1 aliphatic rings. The molecule has 1 aromatic carbocycles. The van der Waals surface area contributed by atoms with E-state index in [0.717, 1.165) is 50.3 Å². The summed E-state index contributed by atoms with van der Waals surface area (Å²) >= 11 is 0. The van der Waals surface area contributed by atoms with Crippen molar-refractivity contribution in [3.63, 3.8) is 0 Å². The number of aromatic hydroxyl groups is 1. The van der Waals surface area contributed by atoms with Crippen molar-refractivity contribution >= 4 is 0 Å². The molecular weight excluding hydrogens is 231 g/mol. The molecule has 100 valence electrons. The molecule has 1 aromatic rings. The van der Waals surface area contributed by atoms with Crippen LogP contribution in [-0.2, 0) is 12.8 Å². The van der Waals surface area contributed by atoms with E-state index in [4.69, 9.17) is 0 Å². The highest BCUT2D eigenvalue weighted by Gasteiger charge is 2.13. The Hall–Kier alpha value is -1.13. The lowest BCUT2D eigenvalue weighted by Crippen LogP contribution is -2.44. The first kappa shape index (κ1) is 13.3. The fourth-order valence-corrected chi connectivity index (χ4v) is 2.33. The van der Waals surface area contributed by atoms with Gasteiger partial charge in [-0.15, -0.1) is 0 Å². The summed E-state index contributed by atoms with van der Waals surface area (Å²) in [4.78, 5) is 2.34. The minimum atomic E-state index is -0.496. The number of phenols is 1. The van der Waals surface area contributed by atoms with Crippen LogP contribution in [0.1, 0.15) is 18.1 Å². The fourth-order valence-electron chi connectivity index (χ4n) is 2.33. The van der Waals surface area contributed by atoms with Gasteiger partial charge in [-0.2, -0.15) is 0 Å². The predicted octanol–water partition coefficient (Wildman–Crippen LogP) is 1.54. The molecule has 1 fully saturated rings. The van der Waals surface area contributed by atoms with Gasteiger partial charge in [-0.3, -0.25) is 0 Å². The van der Waals surface area contributed by atoms with E-state index < -0.39 is 5.82 Å². The van der Waals surface area contributed by atoms with Crippen molar-refractivity contribution in [1.82, 2.24) is 10.2 Å². The lowest BCUT2D eigenvalue weighted by Gasteiger charge is -2.27. The number of nitrogens with one attached hydrogen (secondary N) is 1. The zero-order valence-electron chi connectivity index (χ0n) is 10.9. The zero-order chi connectivity index (χ0) is 13.0. The molecule has 0 spiro atoms. The van der Waals surface area contributed by atoms with E-state index in [1.807, 2.05) is 13.0 Å². The van der Waals surface area contributed by atoms with E-state index in [9.17, 15) is 9.50 Å². The van der Waals surface area contributed by atoms with E-state index >= 15 is 0 Å². The van der Waals surface area contributed by atoms with Crippen molar-refractivity contribution in [2.45, 2.75) is 19.8 Å². The Kier molecular flexibility index (Phi) is 4.55. The first-order valence-electron chi connectivity index (χ1n) is 6.64. The van der Waals surface area contributed by atoms with Crippen LogP contribution in [0.4, 0.5) is 4.39 Å². The number of hydrogen-bond acceptors (Lipinski definition) is 3. The molecule has 0 radical (unpaired) electrons. The minimum Gasteiger partial charge on any atom is -0.505 e. The van der Waals surface area contributed by atoms with Crippen molar-refractivity contribution in [3.8, 4) is 5.75 Å². The van der Waals surface area contributed by atoms with Gasteiger partial charge in [-0.05, 0) is 30.0 Å². The van der Waals surface area contributed by atoms with Gasteiger partial charge >= 0.3 is 0 Å². The second-order valence-electron chi connectivity index (χ2n) is 4.78. The third-order valence-electron chi connectivity index (χ3n) is 3.52. The van der Waals surface area contributed by atoms with E-state index in [1.54, 1.807) is 0 Å². The molecule has 1 saturated heterocycles. The highest BCUT2D eigenvalue weighted by atomic mass is 19.1. The van der Waals surface area contributed by atoms with Crippen LogP contribution in [-0.4, -0.2) is 42.7 Å². The van der Waals surface area contributed by atoms with Gasteiger partial charge in [-0.1, -0.05) is 13.0 Å². The Morgan fingerprint density at radius 3 is 2.72 bits per heavy atom. The summed E-state index contributed by atoms with van der Waals surface area (Å²) in [6.07, 6.45) is 1.49. The third-order valence-corrected chi connectivity index (χ3v) is 3.52. The second kappa shape index (κ2) is 6.16. The molecule has 4 heteroatoms. The lowest BCUT2D eigenvalue weighted by atomic mass is 10.0. The van der Waals surface area contributed by atoms with Crippen LogP contribution in [0.2, 0.25) is 0 Å². The van der Waals surface area contributed by atoms with Crippen LogP contribution in [0.5, 0.6) is 5.75 Å². The topological polar surface area (TPSA) is 35.5 Å². The van der Waals surface area contributed by atoms with E-state index in [0.29, 0.717) is 6.42 Å². The summed E-state index contributed by atoms with van der Waals surface area (Å²) in [6.45, 7) is 6.94. The summed E-state index contributed by atoms with van der Waals surface area (Å²) in [5.74, 6) is -0.674. The highest BCUT2D eigenvalue weighted by molar-refractivity contribution is 5.38. The Balaban J connectivity index is 2.01. The van der Waals surface area contributed by atoms with Gasteiger partial charge in [-0.25, -0.2) is 4.39 Å². The molecule has 2 rings (SSSR count). The molecule has 0 amide bonds. The lowest BCUT2D eigenvalue weighted by molar-refractivity contribution is 0.243. The second-order valence-corrected chi connectivity index (χ2v) is 4.78. The summed E-state index contributed by atoms with van der Waals surface area (Å²) in [5, 5.41) is 13.0. The highest BCUT2D eigenvalue weighted by Crippen LogP contribution is 2.24. The van der Waals surface area contributed by atoms with Crippen LogP contribution < -0.4 is 5.32 Å². The van der Waals surface area contributed by atoms with E-state index in [-0.39, 0.29) is 5.75 Å². The summed E-state index contributed by atoms with van der Waals surface area (Å²) < 4.78 is 13.5. The molecule has 0 bridgehead atoms. The van der Waals surface area contributed by atoms with Gasteiger partial charge in [0, 0.05) is 32.7 Å². The number of piperazine rings is 1. The van der Waals surface area contributed by atoms with Crippen molar-refractivity contribution < 1.29 is 9.50 Å². The molecule has 0 unspecified atom stereocenters. The van der Waals surface area contributed by atoms with E-state index in [2.05, 4.69) is 10.2 Å². The number of phenolic OH excluding ortho intramolecular Hbond substituents is 1. The number of rotatable bonds is 4. The Morgan fingerprint density at radius 2 is 2.06 bits per heavy atom. The van der Waals surface area contributed by atoms with Crippen molar-refractivity contribution in [2.75, 3.05) is 32.7 Å². The maximum Gasteiger partial charge on any atom is 0.165 e. The Labute approximate surface area is 108 Å². The molecule has 0 saturated carbocycles. The minimum absolute atomic E-state index is 0.178. The van der Waals surface area contributed by atoms with E-state index in [1.165, 1.54) is 6.07 Å². The van der Waals surface area contributed by atoms with Crippen LogP contribution in [0, 0.1) is 5.82 Å². The van der Waals surface area contributed by atoms with Crippen molar-refractivity contribution in [1.29, 1.82) is 0 Å². The number of halogens is 1. The maximum atomic E-state index is 13.5. The van der Waals surface area contributed by atoms with Gasteiger partial charge in [0.05, 0.1) is 0 Å². The Bertz CT molecular complexity index is 403. The van der Waals surface area contributed by atoms with Crippen LogP contribution in [0.25, 0.3) is 0 Å². The molecule has 0 atom stereocenters. The predicted molar refractivity (Wildman–Crippen MR) is 70.5 cm³/mol. The monoisotopic (exact) mass is 252 g/mol. The van der Waals surface area contributed by atoms with Crippen molar-refractivity contribution in [3.05, 3.63) is 29.1 Å². The quantitative estimate of drug-likeness (QED) is 0.853. The fraction of sp³-hybridized carbons (Fsp3) is 0.571. The molecule has 0 aromatic heterocycles. The van der Waals surface area contributed by atoms with Crippen LogP contribution in [0.3, 0.4) is 0 Å². The van der Waals surface area contributed by atoms with Crippen molar-refractivity contribution in [2.24, 2.45) is 0 Å². The molecular formula is C14H21FN2O. The van der Waals surface area contributed by atoms with Crippen LogP contribution in [0.15, 0.2) is 12.1 Å². The normalized spacial score (nSPS) is 17.0. The van der Waals surface area contributed by atoms with Crippen LogP contribution >= 0.6 is 0 Å². The zero-order valence-corrected chi connectivity index (χ0v) is 10.9. The smallest absolute Gasteiger partial charge is 0.165 e. The van der Waals surface area contributed by atoms with Gasteiger partial charge in [0.1, 0.15) is 0 Å². The summed E-state index contributed by atoms with van der Waals surface area (Å²) in [5.41, 5.74) is 1.67. The molecule has 2 N–H and O–H groups in total. The van der Waals surface area contributed by atoms with Gasteiger partial charge in [0.15, 0.2) is 11.6 Å². The average Bonchev–Trinajstić information content (AvgIpc) is 2.41. The first-order valence-corrected chi connectivity index (χ1v) is 6.64. The molecule has 18 heavy (non-hydrogen) atoms. The van der Waals surface area contributed by atoms with Gasteiger partial charge < -0.3 is 15.3 Å². The molecule has 1 aliphatic heterocycles. The molecule has 0 aliphatic carbocycles. The molecule has 3 nitrogen and oxygen atoms in total. The molecule has 1 heterocycles. The average molecular weight is 252 g/mol. The maximum absolute atomic E-state index is 13.5. The standard InChI is InChI=1S/C14H21FN2O/c1-2-11-9-12(14(18)13(15)10-11)3-6-17-7-4-16-5-8-17/h9-10,16,18H,2-8H2,1H3. The summed E-state index contributed by atoms with van der Waals surface area (Å²) in [7, 11) is 0. The van der Waals surface area contributed by atoms with Gasteiger partial charge in [0.25, 0.3) is 0 Å². The first-order chi connectivity index (χ1) is 8.70. The summed E-state index contributed by atoms with van der Waals surface area (Å²) in [6, 6.07) is 3.34. The largest absolute Gasteiger partial charge is 0.505 e. The van der Waals surface area contributed by atoms with Gasteiger partial charge in [0.2, 0.25) is 0 Å². The number of benzene rings is 1. The number of aryl methyl sites for hydroxylation is 1. The number of hydrogen-bond donors (Lipinski definition) is 2. The number of nitrogens with zero attached hydrogens (tertiary/aromatic N) is 1. The SMILES string of the molecule is CCc1cc(F)c(O)c(CCN2CCNCC2)c1.